The molecule has 0 aliphatic carbocycles. The van der Waals surface area contributed by atoms with Crippen molar-refractivity contribution in [3.63, 3.8) is 0 Å². The monoisotopic (exact) mass is 558 g/mol. The van der Waals surface area contributed by atoms with Crippen LogP contribution in [-0.2, 0) is 0 Å². The Kier molecular flexibility index (Phi) is 11.5. The first-order valence-electron chi connectivity index (χ1n) is 11.3. The van der Waals surface area contributed by atoms with Gasteiger partial charge < -0.3 is 45.6 Å². The minimum atomic E-state index is -0.682. The number of nitrogens with one attached hydrogen (secondary N) is 2. The summed E-state index contributed by atoms with van der Waals surface area (Å²) in [7, 11) is 3.12. The van der Waals surface area contributed by atoms with Gasteiger partial charge in [-0.05, 0) is 48.5 Å². The number of halogens is 2. The van der Waals surface area contributed by atoms with Gasteiger partial charge in [0.1, 0.15) is 35.9 Å². The number of β-amino-alcohol motifs (C(OH)–C–C–N with tert-alkyl or cyclic N) is 2. The minimum Gasteiger partial charge on any atom is -0.486 e. The van der Waals surface area contributed by atoms with Crippen molar-refractivity contribution in [2.75, 3.05) is 40.3 Å². The van der Waals surface area contributed by atoms with Gasteiger partial charge in [0.25, 0.3) is 0 Å². The second-order valence-corrected chi connectivity index (χ2v) is 9.15. The normalized spacial score (nSPS) is 22.3. The van der Waals surface area contributed by atoms with Crippen LogP contribution in [0.3, 0.4) is 0 Å². The second kappa shape index (κ2) is 14.1. The predicted octanol–water partition coefficient (Wildman–Crippen LogP) is 1.38. The maximum absolute atomic E-state index is 11.4. The fraction of sp³-hybridized carbons (Fsp3) is 0.417. The molecule has 2 heterocycles. The van der Waals surface area contributed by atoms with Crippen molar-refractivity contribution < 1.29 is 34.8 Å². The highest BCUT2D eigenvalue weighted by Crippen LogP contribution is 2.22. The van der Waals surface area contributed by atoms with Gasteiger partial charge in [0.2, 0.25) is 0 Å². The van der Waals surface area contributed by atoms with Crippen molar-refractivity contribution in [2.24, 2.45) is 0 Å². The molecule has 13 heteroatoms. The predicted molar refractivity (Wildman–Crippen MR) is 139 cm³/mol. The Morgan fingerprint density at radius 1 is 0.730 bits per heavy atom. The Hall–Kier alpha value is -2.96. The molecule has 4 atom stereocenters. The molecule has 2 aromatic rings. The molecule has 2 aliphatic heterocycles. The Bertz CT molecular complexity index is 932. The fourth-order valence-electron chi connectivity index (χ4n) is 3.77. The van der Waals surface area contributed by atoms with Crippen molar-refractivity contribution in [3.05, 3.63) is 58.6 Å². The topological polar surface area (TPSA) is 155 Å². The highest BCUT2D eigenvalue weighted by atomic mass is 35.5. The third-order valence-electron chi connectivity index (χ3n) is 5.68. The van der Waals surface area contributed by atoms with E-state index in [-0.39, 0.29) is 30.6 Å². The van der Waals surface area contributed by atoms with Gasteiger partial charge in [0.15, 0.2) is 0 Å². The number of carbonyl (C=O) groups excluding carboxylic acids is 2. The molecule has 4 unspecified atom stereocenters. The Labute approximate surface area is 225 Å². The average molecular weight is 559 g/mol. The second-order valence-electron chi connectivity index (χ2n) is 8.28. The number of hydrogen-bond donors (Lipinski definition) is 4. The summed E-state index contributed by atoms with van der Waals surface area (Å²) >= 11 is 11.5. The Morgan fingerprint density at radius 3 is 1.35 bits per heavy atom. The molecule has 6 N–H and O–H groups in total. The van der Waals surface area contributed by atoms with E-state index in [4.69, 9.17) is 32.7 Å². The van der Waals surface area contributed by atoms with Gasteiger partial charge in [-0.25, -0.2) is 9.59 Å². The molecular formula is C24H32Cl2N4O7. The number of benzene rings is 2. The number of hydrogen-bond acceptors (Lipinski definition) is 6. The molecule has 0 saturated carbocycles. The number of amides is 4. The van der Waals surface area contributed by atoms with E-state index in [1.807, 2.05) is 0 Å². The van der Waals surface area contributed by atoms with E-state index in [0.717, 1.165) is 0 Å². The van der Waals surface area contributed by atoms with Crippen molar-refractivity contribution in [1.82, 2.24) is 20.4 Å². The number of aliphatic hydroxyl groups excluding tert-OH is 2. The SMILES string of the molecule is CNC(=O)N1CC(O)C(Oc2ccc(Cl)cc2)C1.CNC(=O)N1CC(O)C(Oc2ccc(Cl)cc2)C1.O. The first-order chi connectivity index (χ1) is 17.2. The van der Waals surface area contributed by atoms with Gasteiger partial charge in [0.05, 0.1) is 26.2 Å². The van der Waals surface area contributed by atoms with Gasteiger partial charge >= 0.3 is 12.1 Å². The molecule has 2 saturated heterocycles. The molecule has 0 bridgehead atoms. The summed E-state index contributed by atoms with van der Waals surface area (Å²) in [6, 6.07) is 13.4. The smallest absolute Gasteiger partial charge is 0.317 e. The molecule has 2 aliphatic rings. The molecule has 11 nitrogen and oxygen atoms in total. The molecule has 204 valence electrons. The van der Waals surface area contributed by atoms with E-state index >= 15 is 0 Å². The third-order valence-corrected chi connectivity index (χ3v) is 6.18. The zero-order valence-electron chi connectivity index (χ0n) is 20.4. The number of rotatable bonds is 4. The number of aliphatic hydroxyl groups is 2. The summed E-state index contributed by atoms with van der Waals surface area (Å²) in [6.07, 6.45) is -2.19. The van der Waals surface area contributed by atoms with Gasteiger partial charge in [0, 0.05) is 24.1 Å². The lowest BCUT2D eigenvalue weighted by Crippen LogP contribution is -2.37. The number of likely N-dealkylation sites (tertiary alicyclic amines) is 2. The molecule has 0 aromatic heterocycles. The van der Waals surface area contributed by atoms with Crippen LogP contribution in [0.4, 0.5) is 9.59 Å². The lowest BCUT2D eigenvalue weighted by Gasteiger charge is -2.16. The quantitative estimate of drug-likeness (QED) is 0.444. The number of carbonyl (C=O) groups is 2. The molecule has 4 amide bonds. The lowest BCUT2D eigenvalue weighted by atomic mass is 10.2. The average Bonchev–Trinajstić information content (AvgIpc) is 3.43. The third kappa shape index (κ3) is 8.54. The highest BCUT2D eigenvalue weighted by molar-refractivity contribution is 6.30. The van der Waals surface area contributed by atoms with Gasteiger partial charge in [-0.2, -0.15) is 0 Å². The first-order valence-corrected chi connectivity index (χ1v) is 12.1. The molecule has 2 aromatic carbocycles. The van der Waals surface area contributed by atoms with E-state index in [2.05, 4.69) is 10.6 Å². The summed E-state index contributed by atoms with van der Waals surface area (Å²) < 4.78 is 11.3. The van der Waals surface area contributed by atoms with Crippen LogP contribution in [-0.4, -0.2) is 102 Å². The molecule has 37 heavy (non-hydrogen) atoms. The number of urea groups is 2. The van der Waals surface area contributed by atoms with Crippen LogP contribution in [0.1, 0.15) is 0 Å². The molecule has 4 rings (SSSR count). The van der Waals surface area contributed by atoms with Crippen LogP contribution in [0.2, 0.25) is 10.0 Å². The Morgan fingerprint density at radius 2 is 1.05 bits per heavy atom. The van der Waals surface area contributed by atoms with E-state index in [1.165, 1.54) is 9.80 Å². The Balaban J connectivity index is 0.000000253. The van der Waals surface area contributed by atoms with Crippen LogP contribution in [0.25, 0.3) is 0 Å². The minimum absolute atomic E-state index is 0. The van der Waals surface area contributed by atoms with Crippen molar-refractivity contribution in [1.29, 1.82) is 0 Å². The van der Waals surface area contributed by atoms with Gasteiger partial charge in [-0.3, -0.25) is 0 Å². The van der Waals surface area contributed by atoms with Crippen LogP contribution < -0.4 is 20.1 Å². The summed E-state index contributed by atoms with van der Waals surface area (Å²) in [5, 5.41) is 26.0. The standard InChI is InChI=1S/2C12H15ClN2O3.H2O/c2*1-14-12(17)15-6-10(16)11(7-15)18-9-4-2-8(13)3-5-9;/h2*2-5,10-11,16H,6-7H2,1H3,(H,14,17);1H2. The van der Waals surface area contributed by atoms with Crippen LogP contribution in [0.5, 0.6) is 11.5 Å². The van der Waals surface area contributed by atoms with Crippen LogP contribution in [0, 0.1) is 0 Å². The fourth-order valence-corrected chi connectivity index (χ4v) is 4.02. The molecule has 0 spiro atoms. The van der Waals surface area contributed by atoms with Crippen molar-refractivity contribution >= 4 is 35.3 Å². The lowest BCUT2D eigenvalue weighted by molar-refractivity contribution is 0.0737. The summed E-state index contributed by atoms with van der Waals surface area (Å²) in [5.41, 5.74) is 0. The number of ether oxygens (including phenoxy) is 2. The summed E-state index contributed by atoms with van der Waals surface area (Å²) in [4.78, 5) is 25.9. The van der Waals surface area contributed by atoms with Crippen LogP contribution >= 0.6 is 23.2 Å². The molecule has 2 fully saturated rings. The molecular weight excluding hydrogens is 527 g/mol. The highest BCUT2D eigenvalue weighted by Gasteiger charge is 2.36. The summed E-state index contributed by atoms with van der Waals surface area (Å²) in [6.45, 7) is 1.28. The maximum Gasteiger partial charge on any atom is 0.317 e. The largest absolute Gasteiger partial charge is 0.486 e. The van der Waals surface area contributed by atoms with E-state index < -0.39 is 24.4 Å². The van der Waals surface area contributed by atoms with E-state index in [9.17, 15) is 19.8 Å². The van der Waals surface area contributed by atoms with E-state index in [1.54, 1.807) is 62.6 Å². The zero-order chi connectivity index (χ0) is 26.2. The van der Waals surface area contributed by atoms with Crippen molar-refractivity contribution in [3.8, 4) is 11.5 Å². The molecule has 0 radical (unpaired) electrons. The van der Waals surface area contributed by atoms with Crippen LogP contribution in [0.15, 0.2) is 48.5 Å². The van der Waals surface area contributed by atoms with Crippen molar-refractivity contribution in [2.45, 2.75) is 24.4 Å². The summed E-state index contributed by atoms with van der Waals surface area (Å²) in [5.74, 6) is 1.25. The van der Waals surface area contributed by atoms with Gasteiger partial charge in [-0.1, -0.05) is 23.2 Å². The first kappa shape index (κ1) is 30.3. The number of nitrogens with zero attached hydrogens (tertiary/aromatic N) is 2. The zero-order valence-corrected chi connectivity index (χ0v) is 21.9. The van der Waals surface area contributed by atoms with Gasteiger partial charge in [-0.15, -0.1) is 0 Å². The van der Waals surface area contributed by atoms with E-state index in [0.29, 0.717) is 34.6 Å². The maximum atomic E-state index is 11.4.